The molecule has 4 nitrogen and oxygen atoms in total. The van der Waals surface area contributed by atoms with Crippen molar-refractivity contribution >= 4 is 23.4 Å². The molecular formula is C15H15NO3S. The van der Waals surface area contributed by atoms with E-state index in [2.05, 4.69) is 0 Å². The van der Waals surface area contributed by atoms with Crippen LogP contribution >= 0.6 is 11.8 Å². The molecule has 0 saturated heterocycles. The maximum atomic E-state index is 10.7. The Morgan fingerprint density at radius 3 is 2.60 bits per heavy atom. The van der Waals surface area contributed by atoms with Gasteiger partial charge in [0.2, 0.25) is 0 Å². The molecule has 0 radical (unpaired) electrons. The second kappa shape index (κ2) is 6.86. The fourth-order valence-corrected chi connectivity index (χ4v) is 2.41. The van der Waals surface area contributed by atoms with Crippen molar-refractivity contribution in [2.45, 2.75) is 4.90 Å². The van der Waals surface area contributed by atoms with Gasteiger partial charge in [-0.15, -0.1) is 11.8 Å². The molecule has 104 valence electrons. The van der Waals surface area contributed by atoms with Crippen LogP contribution in [0.5, 0.6) is 5.75 Å². The fourth-order valence-electron chi connectivity index (χ4n) is 1.62. The van der Waals surface area contributed by atoms with Crippen LogP contribution in [0.15, 0.2) is 53.4 Å². The molecule has 0 bridgehead atoms. The highest BCUT2D eigenvalue weighted by atomic mass is 32.2. The van der Waals surface area contributed by atoms with Crippen molar-refractivity contribution in [1.29, 1.82) is 0 Å². The van der Waals surface area contributed by atoms with Crippen LogP contribution in [0.1, 0.15) is 10.4 Å². The summed E-state index contributed by atoms with van der Waals surface area (Å²) in [4.78, 5) is 11.8. The number of hydrogen-bond acceptors (Lipinski definition) is 4. The minimum atomic E-state index is -0.936. The molecule has 0 aromatic heterocycles. The third kappa shape index (κ3) is 4.20. The minimum absolute atomic E-state index is 0.256. The Balaban J connectivity index is 1.77. The summed E-state index contributed by atoms with van der Waals surface area (Å²) < 4.78 is 5.55. The van der Waals surface area contributed by atoms with Gasteiger partial charge in [0.15, 0.2) is 0 Å². The number of anilines is 1. The van der Waals surface area contributed by atoms with Crippen molar-refractivity contribution in [3.63, 3.8) is 0 Å². The second-order valence-corrected chi connectivity index (χ2v) is 5.27. The lowest BCUT2D eigenvalue weighted by atomic mass is 10.2. The largest absolute Gasteiger partial charge is 0.493 e. The second-order valence-electron chi connectivity index (χ2n) is 4.10. The van der Waals surface area contributed by atoms with Crippen LogP contribution in [-0.4, -0.2) is 23.4 Å². The molecule has 0 fully saturated rings. The maximum absolute atomic E-state index is 10.7. The SMILES string of the molecule is Nc1cccc(SCCOc2ccc(C(=O)O)cc2)c1. The molecule has 0 spiro atoms. The molecule has 0 atom stereocenters. The molecule has 0 heterocycles. The first-order valence-corrected chi connectivity index (χ1v) is 7.08. The number of hydrogen-bond donors (Lipinski definition) is 2. The molecule has 0 aliphatic carbocycles. The molecule has 2 aromatic rings. The zero-order valence-corrected chi connectivity index (χ0v) is 11.6. The van der Waals surface area contributed by atoms with E-state index in [0.717, 1.165) is 16.3 Å². The number of carbonyl (C=O) groups is 1. The number of rotatable bonds is 6. The topological polar surface area (TPSA) is 72.5 Å². The number of aromatic carboxylic acids is 1. The Bertz CT molecular complexity index is 584. The third-order valence-electron chi connectivity index (χ3n) is 2.58. The summed E-state index contributed by atoms with van der Waals surface area (Å²) in [6.45, 7) is 0.548. The van der Waals surface area contributed by atoms with Crippen LogP contribution in [0.25, 0.3) is 0 Å². The van der Waals surface area contributed by atoms with Crippen LogP contribution in [-0.2, 0) is 0 Å². The van der Waals surface area contributed by atoms with Crippen molar-refractivity contribution in [1.82, 2.24) is 0 Å². The molecule has 3 N–H and O–H groups in total. The van der Waals surface area contributed by atoms with Gasteiger partial charge in [0.05, 0.1) is 12.2 Å². The first-order valence-electron chi connectivity index (χ1n) is 6.09. The summed E-state index contributed by atoms with van der Waals surface area (Å²) in [5, 5.41) is 8.78. The van der Waals surface area contributed by atoms with Gasteiger partial charge < -0.3 is 15.6 Å². The summed E-state index contributed by atoms with van der Waals surface area (Å²) in [6, 6.07) is 14.1. The standard InChI is InChI=1S/C15H15NO3S/c16-12-2-1-3-14(10-12)20-9-8-19-13-6-4-11(5-7-13)15(17)18/h1-7,10H,8-9,16H2,(H,17,18). The van der Waals surface area contributed by atoms with Gasteiger partial charge in [0.1, 0.15) is 5.75 Å². The van der Waals surface area contributed by atoms with Gasteiger partial charge in [-0.25, -0.2) is 4.79 Å². The molecule has 2 aromatic carbocycles. The monoisotopic (exact) mass is 289 g/mol. The Kier molecular flexibility index (Phi) is 4.90. The molecule has 20 heavy (non-hydrogen) atoms. The number of carboxylic acids is 1. The van der Waals surface area contributed by atoms with Gasteiger partial charge in [-0.3, -0.25) is 0 Å². The van der Waals surface area contributed by atoms with Crippen molar-refractivity contribution in [2.75, 3.05) is 18.1 Å². The average Bonchev–Trinajstić information content (AvgIpc) is 2.44. The Hall–Kier alpha value is -2.14. The van der Waals surface area contributed by atoms with Gasteiger partial charge in [-0.2, -0.15) is 0 Å². The van der Waals surface area contributed by atoms with E-state index in [1.807, 2.05) is 24.3 Å². The van der Waals surface area contributed by atoms with Gasteiger partial charge >= 0.3 is 5.97 Å². The summed E-state index contributed by atoms with van der Waals surface area (Å²) in [6.07, 6.45) is 0. The summed E-state index contributed by atoms with van der Waals surface area (Å²) >= 11 is 1.66. The molecule has 0 amide bonds. The highest BCUT2D eigenvalue weighted by molar-refractivity contribution is 7.99. The molecular weight excluding hydrogens is 274 g/mol. The van der Waals surface area contributed by atoms with Crippen LogP contribution < -0.4 is 10.5 Å². The highest BCUT2D eigenvalue weighted by Gasteiger charge is 2.02. The van der Waals surface area contributed by atoms with E-state index in [1.54, 1.807) is 23.9 Å². The van der Waals surface area contributed by atoms with E-state index in [-0.39, 0.29) is 5.56 Å². The maximum Gasteiger partial charge on any atom is 0.335 e. The van der Waals surface area contributed by atoms with E-state index < -0.39 is 5.97 Å². The van der Waals surface area contributed by atoms with Crippen LogP contribution in [0.2, 0.25) is 0 Å². The van der Waals surface area contributed by atoms with Gasteiger partial charge in [-0.05, 0) is 42.5 Å². The minimum Gasteiger partial charge on any atom is -0.493 e. The van der Waals surface area contributed by atoms with Crippen LogP contribution in [0.3, 0.4) is 0 Å². The number of carboxylic acid groups (broad SMARTS) is 1. The van der Waals surface area contributed by atoms with Gasteiger partial charge in [-0.1, -0.05) is 6.07 Å². The van der Waals surface area contributed by atoms with E-state index in [9.17, 15) is 4.79 Å². The normalized spacial score (nSPS) is 10.2. The Labute approximate surface area is 121 Å². The summed E-state index contributed by atoms with van der Waals surface area (Å²) in [7, 11) is 0. The van der Waals surface area contributed by atoms with Crippen molar-refractivity contribution < 1.29 is 14.6 Å². The highest BCUT2D eigenvalue weighted by Crippen LogP contribution is 2.20. The quantitative estimate of drug-likeness (QED) is 0.485. The lowest BCUT2D eigenvalue weighted by Gasteiger charge is -2.06. The van der Waals surface area contributed by atoms with E-state index in [0.29, 0.717) is 12.4 Å². The average molecular weight is 289 g/mol. The van der Waals surface area contributed by atoms with E-state index >= 15 is 0 Å². The van der Waals surface area contributed by atoms with Gasteiger partial charge in [0, 0.05) is 16.3 Å². The molecule has 2 rings (SSSR count). The van der Waals surface area contributed by atoms with Gasteiger partial charge in [0.25, 0.3) is 0 Å². The summed E-state index contributed by atoms with van der Waals surface area (Å²) in [5.74, 6) is 0.529. The Morgan fingerprint density at radius 2 is 1.95 bits per heavy atom. The molecule has 0 unspecified atom stereocenters. The van der Waals surface area contributed by atoms with Crippen LogP contribution in [0.4, 0.5) is 5.69 Å². The lowest BCUT2D eigenvalue weighted by Crippen LogP contribution is -2.01. The predicted molar refractivity (Wildman–Crippen MR) is 80.5 cm³/mol. The number of nitrogens with two attached hydrogens (primary N) is 1. The van der Waals surface area contributed by atoms with Crippen molar-refractivity contribution in [3.05, 3.63) is 54.1 Å². The number of benzene rings is 2. The first kappa shape index (κ1) is 14.3. The van der Waals surface area contributed by atoms with E-state index in [4.69, 9.17) is 15.6 Å². The number of nitrogen functional groups attached to an aromatic ring is 1. The smallest absolute Gasteiger partial charge is 0.335 e. The first-order chi connectivity index (χ1) is 9.65. The van der Waals surface area contributed by atoms with Crippen LogP contribution in [0, 0.1) is 0 Å². The molecule has 5 heteroatoms. The zero-order chi connectivity index (χ0) is 14.4. The molecule has 0 saturated carbocycles. The Morgan fingerprint density at radius 1 is 1.20 bits per heavy atom. The van der Waals surface area contributed by atoms with Crippen molar-refractivity contribution in [2.24, 2.45) is 0 Å². The third-order valence-corrected chi connectivity index (χ3v) is 3.54. The molecule has 0 aliphatic heterocycles. The zero-order valence-electron chi connectivity index (χ0n) is 10.8. The number of ether oxygens (including phenoxy) is 1. The number of thioether (sulfide) groups is 1. The fraction of sp³-hybridized carbons (Fsp3) is 0.133. The molecule has 0 aliphatic rings. The lowest BCUT2D eigenvalue weighted by molar-refractivity contribution is 0.0697. The summed E-state index contributed by atoms with van der Waals surface area (Å²) in [5.41, 5.74) is 6.71. The van der Waals surface area contributed by atoms with E-state index in [1.165, 1.54) is 12.1 Å². The van der Waals surface area contributed by atoms with Crippen molar-refractivity contribution in [3.8, 4) is 5.75 Å². The predicted octanol–water partition coefficient (Wildman–Crippen LogP) is 3.14.